The summed E-state index contributed by atoms with van der Waals surface area (Å²) in [7, 11) is 0. The molecule has 1 aromatic rings. The second-order valence-electron chi connectivity index (χ2n) is 2.72. The smallest absolute Gasteiger partial charge is 0.250 e. The minimum absolute atomic E-state index is 0.215. The average molecular weight is 207 g/mol. The molecule has 0 bridgehead atoms. The maximum absolute atomic E-state index is 12.9. The predicted molar refractivity (Wildman–Crippen MR) is 44.1 cm³/mol. The molecule has 0 aliphatic carbocycles. The summed E-state index contributed by atoms with van der Waals surface area (Å²) in [5, 5.41) is 2.25. The number of nitrogens with one attached hydrogen (secondary N) is 1. The highest BCUT2D eigenvalue weighted by Gasteiger charge is 2.08. The van der Waals surface area contributed by atoms with E-state index in [9.17, 15) is 17.6 Å². The molecule has 0 radical (unpaired) electrons. The van der Waals surface area contributed by atoms with Gasteiger partial charge in [0, 0.05) is 12.1 Å². The predicted octanol–water partition coefficient (Wildman–Crippen LogP) is 2.32. The summed E-state index contributed by atoms with van der Waals surface area (Å²) in [6, 6.07) is 3.40. The Balaban J connectivity index is 2.58. The van der Waals surface area contributed by atoms with E-state index in [1.807, 2.05) is 0 Å². The first-order valence-corrected chi connectivity index (χ1v) is 4.03. The maximum Gasteiger partial charge on any atom is 0.250 e. The van der Waals surface area contributed by atoms with E-state index in [-0.39, 0.29) is 12.1 Å². The molecule has 0 aliphatic rings. The Morgan fingerprint density at radius 3 is 2.21 bits per heavy atom. The van der Waals surface area contributed by atoms with Crippen molar-refractivity contribution in [2.45, 2.75) is 13.0 Å². The van der Waals surface area contributed by atoms with Crippen LogP contribution in [0.15, 0.2) is 18.2 Å². The normalized spacial score (nSPS) is 10.9. The second kappa shape index (κ2) is 4.95. The topological polar surface area (TPSA) is 12.0 Å². The zero-order valence-corrected chi connectivity index (χ0v) is 7.24. The second-order valence-corrected chi connectivity index (χ2v) is 2.72. The van der Waals surface area contributed by atoms with Gasteiger partial charge in [0.15, 0.2) is 0 Å². The fraction of sp³-hybridized carbons (Fsp3) is 0.333. The van der Waals surface area contributed by atoms with Gasteiger partial charge >= 0.3 is 0 Å². The van der Waals surface area contributed by atoms with Crippen molar-refractivity contribution in [2.75, 3.05) is 6.54 Å². The lowest BCUT2D eigenvalue weighted by Crippen LogP contribution is -2.21. The minimum atomic E-state index is -2.52. The first-order chi connectivity index (χ1) is 6.61. The van der Waals surface area contributed by atoms with Crippen LogP contribution in [-0.2, 0) is 6.54 Å². The molecule has 0 aromatic heterocycles. The summed E-state index contributed by atoms with van der Waals surface area (Å²) in [5.41, 5.74) is -0.215. The zero-order valence-electron chi connectivity index (χ0n) is 7.24. The molecule has 0 saturated heterocycles. The van der Waals surface area contributed by atoms with Crippen molar-refractivity contribution < 1.29 is 17.6 Å². The molecule has 78 valence electrons. The van der Waals surface area contributed by atoms with E-state index < -0.39 is 24.6 Å². The number of benzene rings is 1. The van der Waals surface area contributed by atoms with Crippen LogP contribution in [0.2, 0.25) is 0 Å². The Bertz CT molecular complexity index is 281. The Hall–Kier alpha value is -1.10. The molecule has 0 fully saturated rings. The molecule has 1 N–H and O–H groups in total. The van der Waals surface area contributed by atoms with Crippen molar-refractivity contribution in [1.29, 1.82) is 0 Å². The summed E-state index contributed by atoms with van der Waals surface area (Å²) in [6.07, 6.45) is -2.52. The van der Waals surface area contributed by atoms with E-state index in [0.29, 0.717) is 0 Å². The van der Waals surface area contributed by atoms with Crippen LogP contribution >= 0.6 is 0 Å². The molecule has 1 aromatic carbocycles. The first-order valence-electron chi connectivity index (χ1n) is 4.03. The van der Waals surface area contributed by atoms with Crippen LogP contribution in [0.25, 0.3) is 0 Å². The molecule has 0 heterocycles. The zero-order chi connectivity index (χ0) is 10.6. The number of rotatable bonds is 4. The van der Waals surface area contributed by atoms with Gasteiger partial charge in [-0.05, 0) is 12.1 Å². The summed E-state index contributed by atoms with van der Waals surface area (Å²) in [5.74, 6) is -1.46. The van der Waals surface area contributed by atoms with E-state index in [0.717, 1.165) is 12.1 Å². The Morgan fingerprint density at radius 2 is 1.71 bits per heavy atom. The van der Waals surface area contributed by atoms with Gasteiger partial charge in [0.1, 0.15) is 11.6 Å². The fourth-order valence-corrected chi connectivity index (χ4v) is 1.01. The number of hydrogen-bond acceptors (Lipinski definition) is 1. The third-order valence-electron chi connectivity index (χ3n) is 1.66. The van der Waals surface area contributed by atoms with Gasteiger partial charge in [-0.3, -0.25) is 0 Å². The maximum atomic E-state index is 12.9. The Kier molecular flexibility index (Phi) is 3.88. The van der Waals surface area contributed by atoms with Crippen molar-refractivity contribution in [2.24, 2.45) is 0 Å². The molecule has 0 atom stereocenters. The van der Waals surface area contributed by atoms with Crippen LogP contribution in [0, 0.1) is 11.6 Å². The quantitative estimate of drug-likeness (QED) is 0.747. The van der Waals surface area contributed by atoms with Crippen LogP contribution in [-0.4, -0.2) is 13.0 Å². The largest absolute Gasteiger partial charge is 0.307 e. The van der Waals surface area contributed by atoms with Gasteiger partial charge in [-0.2, -0.15) is 0 Å². The van der Waals surface area contributed by atoms with Crippen molar-refractivity contribution in [3.05, 3.63) is 35.4 Å². The molecule has 1 rings (SSSR count). The third-order valence-corrected chi connectivity index (χ3v) is 1.66. The number of alkyl halides is 2. The van der Waals surface area contributed by atoms with Gasteiger partial charge in [0.05, 0.1) is 6.54 Å². The fourth-order valence-electron chi connectivity index (χ4n) is 1.01. The molecule has 14 heavy (non-hydrogen) atoms. The van der Waals surface area contributed by atoms with E-state index in [1.165, 1.54) is 6.07 Å². The molecular formula is C9H9F4N. The summed E-state index contributed by atoms with van der Waals surface area (Å²) >= 11 is 0. The van der Waals surface area contributed by atoms with Gasteiger partial charge in [0.2, 0.25) is 0 Å². The van der Waals surface area contributed by atoms with Gasteiger partial charge in [0.25, 0.3) is 6.43 Å². The lowest BCUT2D eigenvalue weighted by atomic mass is 10.2. The highest BCUT2D eigenvalue weighted by molar-refractivity contribution is 5.19. The minimum Gasteiger partial charge on any atom is -0.307 e. The van der Waals surface area contributed by atoms with Gasteiger partial charge < -0.3 is 5.32 Å². The highest BCUT2D eigenvalue weighted by atomic mass is 19.3. The SMILES string of the molecule is Fc1cccc(F)c1CNCC(F)F. The van der Waals surface area contributed by atoms with Crippen LogP contribution in [0.1, 0.15) is 5.56 Å². The first kappa shape index (κ1) is 11.0. The average Bonchev–Trinajstić information content (AvgIpc) is 2.09. The van der Waals surface area contributed by atoms with E-state index >= 15 is 0 Å². The van der Waals surface area contributed by atoms with Crippen LogP contribution < -0.4 is 5.32 Å². The number of hydrogen-bond donors (Lipinski definition) is 1. The third kappa shape index (κ3) is 2.99. The van der Waals surface area contributed by atoms with Gasteiger partial charge in [-0.15, -0.1) is 0 Å². The molecule has 0 amide bonds. The monoisotopic (exact) mass is 207 g/mol. The Morgan fingerprint density at radius 1 is 1.14 bits per heavy atom. The van der Waals surface area contributed by atoms with Crippen molar-refractivity contribution in [1.82, 2.24) is 5.32 Å². The Labute approximate surface area is 78.7 Å². The summed E-state index contributed by atoms with van der Waals surface area (Å²) in [4.78, 5) is 0. The lowest BCUT2D eigenvalue weighted by Gasteiger charge is -2.06. The van der Waals surface area contributed by atoms with Gasteiger partial charge in [-0.1, -0.05) is 6.07 Å². The van der Waals surface area contributed by atoms with Crippen molar-refractivity contribution in [3.8, 4) is 0 Å². The summed E-state index contributed by atoms with van der Waals surface area (Å²) < 4.78 is 49.2. The molecular weight excluding hydrogens is 198 g/mol. The molecule has 0 saturated carbocycles. The van der Waals surface area contributed by atoms with E-state index in [1.54, 1.807) is 0 Å². The van der Waals surface area contributed by atoms with Gasteiger partial charge in [-0.25, -0.2) is 17.6 Å². The molecule has 1 nitrogen and oxygen atoms in total. The van der Waals surface area contributed by atoms with E-state index in [2.05, 4.69) is 5.32 Å². The molecule has 0 spiro atoms. The number of halogens is 4. The standard InChI is InChI=1S/C9H9F4N/c10-7-2-1-3-8(11)6(7)4-14-5-9(12)13/h1-3,9,14H,4-5H2. The van der Waals surface area contributed by atoms with E-state index in [4.69, 9.17) is 0 Å². The molecule has 0 unspecified atom stereocenters. The van der Waals surface area contributed by atoms with Crippen LogP contribution in [0.4, 0.5) is 17.6 Å². The van der Waals surface area contributed by atoms with Crippen molar-refractivity contribution in [3.63, 3.8) is 0 Å². The van der Waals surface area contributed by atoms with Crippen LogP contribution in [0.3, 0.4) is 0 Å². The molecule has 0 aliphatic heterocycles. The lowest BCUT2D eigenvalue weighted by molar-refractivity contribution is 0.145. The van der Waals surface area contributed by atoms with Crippen LogP contribution in [0.5, 0.6) is 0 Å². The highest BCUT2D eigenvalue weighted by Crippen LogP contribution is 2.11. The van der Waals surface area contributed by atoms with Crippen molar-refractivity contribution >= 4 is 0 Å². The summed E-state index contributed by atoms with van der Waals surface area (Å²) in [6.45, 7) is -0.809. The molecule has 5 heteroatoms.